The van der Waals surface area contributed by atoms with E-state index in [4.69, 9.17) is 5.73 Å². The summed E-state index contributed by atoms with van der Waals surface area (Å²) in [6, 6.07) is 17.9. The van der Waals surface area contributed by atoms with Gasteiger partial charge in [-0.15, -0.1) is 12.4 Å². The fraction of sp³-hybridized carbons (Fsp3) is 0.350. The van der Waals surface area contributed by atoms with Crippen LogP contribution in [-0.2, 0) is 6.54 Å². The molecule has 1 atom stereocenters. The second-order valence-electron chi connectivity index (χ2n) is 6.74. The number of carbonyl (C=O) groups is 1. The minimum atomic E-state index is -0.220. The molecular formula is C20H28ClN3O. The number of benzene rings is 2. The SMILES string of the molecule is CC(NC(C)(C)CNC(=O)c1ccc(CN)cc1)c1ccccc1.Cl. The maximum Gasteiger partial charge on any atom is 0.251 e. The number of nitrogens with one attached hydrogen (secondary N) is 2. The van der Waals surface area contributed by atoms with Crippen LogP contribution in [0.25, 0.3) is 0 Å². The van der Waals surface area contributed by atoms with Gasteiger partial charge in [0.2, 0.25) is 0 Å². The highest BCUT2D eigenvalue weighted by Gasteiger charge is 2.21. The number of nitrogens with two attached hydrogens (primary N) is 1. The second kappa shape index (κ2) is 9.56. The lowest BCUT2D eigenvalue weighted by Crippen LogP contribution is -2.49. The minimum absolute atomic E-state index is 0. The molecule has 4 nitrogen and oxygen atoms in total. The van der Waals surface area contributed by atoms with Crippen LogP contribution in [-0.4, -0.2) is 18.0 Å². The fourth-order valence-electron chi connectivity index (χ4n) is 2.66. The van der Waals surface area contributed by atoms with E-state index < -0.39 is 0 Å². The molecule has 25 heavy (non-hydrogen) atoms. The zero-order valence-corrected chi connectivity index (χ0v) is 15.9. The smallest absolute Gasteiger partial charge is 0.251 e. The zero-order valence-electron chi connectivity index (χ0n) is 15.1. The van der Waals surface area contributed by atoms with Gasteiger partial charge in [-0.2, -0.15) is 0 Å². The molecule has 0 saturated heterocycles. The normalized spacial score (nSPS) is 12.2. The first-order valence-electron chi connectivity index (χ1n) is 8.31. The van der Waals surface area contributed by atoms with Gasteiger partial charge >= 0.3 is 0 Å². The summed E-state index contributed by atoms with van der Waals surface area (Å²) in [5, 5.41) is 6.57. The van der Waals surface area contributed by atoms with Crippen LogP contribution in [0.15, 0.2) is 54.6 Å². The van der Waals surface area contributed by atoms with Crippen molar-refractivity contribution in [1.82, 2.24) is 10.6 Å². The van der Waals surface area contributed by atoms with E-state index >= 15 is 0 Å². The Labute approximate surface area is 156 Å². The molecule has 0 aliphatic carbocycles. The molecule has 1 amide bonds. The topological polar surface area (TPSA) is 67.1 Å². The average molecular weight is 362 g/mol. The van der Waals surface area contributed by atoms with Crippen molar-refractivity contribution in [3.8, 4) is 0 Å². The first-order chi connectivity index (χ1) is 11.4. The van der Waals surface area contributed by atoms with Crippen molar-refractivity contribution >= 4 is 18.3 Å². The van der Waals surface area contributed by atoms with Crippen LogP contribution in [0, 0.1) is 0 Å². The minimum Gasteiger partial charge on any atom is -0.350 e. The maximum absolute atomic E-state index is 12.3. The molecule has 4 N–H and O–H groups in total. The van der Waals surface area contributed by atoms with Crippen molar-refractivity contribution in [2.45, 2.75) is 38.9 Å². The zero-order chi connectivity index (χ0) is 17.6. The second-order valence-corrected chi connectivity index (χ2v) is 6.74. The van der Waals surface area contributed by atoms with Crippen LogP contribution in [0.3, 0.4) is 0 Å². The summed E-state index contributed by atoms with van der Waals surface area (Å²) >= 11 is 0. The van der Waals surface area contributed by atoms with Crippen molar-refractivity contribution < 1.29 is 4.79 Å². The molecule has 0 aromatic heterocycles. The Morgan fingerprint density at radius 1 is 1.08 bits per heavy atom. The molecule has 0 saturated carbocycles. The lowest BCUT2D eigenvalue weighted by Gasteiger charge is -2.31. The molecule has 0 aliphatic heterocycles. The van der Waals surface area contributed by atoms with Crippen LogP contribution < -0.4 is 16.4 Å². The molecular weight excluding hydrogens is 334 g/mol. The van der Waals surface area contributed by atoms with Gasteiger partial charge < -0.3 is 16.4 Å². The lowest BCUT2D eigenvalue weighted by molar-refractivity contribution is 0.0941. The highest BCUT2D eigenvalue weighted by Crippen LogP contribution is 2.16. The number of halogens is 1. The number of amides is 1. The van der Waals surface area contributed by atoms with Gasteiger partial charge in [0.25, 0.3) is 5.91 Å². The highest BCUT2D eigenvalue weighted by atomic mass is 35.5. The molecule has 0 fully saturated rings. The Balaban J connectivity index is 0.00000312. The van der Waals surface area contributed by atoms with Crippen LogP contribution in [0.4, 0.5) is 0 Å². The Morgan fingerprint density at radius 3 is 2.24 bits per heavy atom. The molecule has 0 heterocycles. The first kappa shape index (κ1) is 21.2. The largest absolute Gasteiger partial charge is 0.350 e. The van der Waals surface area contributed by atoms with Gasteiger partial charge in [-0.25, -0.2) is 0 Å². The van der Waals surface area contributed by atoms with Crippen LogP contribution in [0.2, 0.25) is 0 Å². The first-order valence-corrected chi connectivity index (χ1v) is 8.31. The number of carbonyl (C=O) groups excluding carboxylic acids is 1. The predicted molar refractivity (Wildman–Crippen MR) is 106 cm³/mol. The van der Waals surface area contributed by atoms with Gasteiger partial charge in [0.1, 0.15) is 0 Å². The van der Waals surface area contributed by atoms with Gasteiger partial charge in [0, 0.05) is 30.2 Å². The summed E-state index contributed by atoms with van der Waals surface area (Å²) in [6.07, 6.45) is 0. The van der Waals surface area contributed by atoms with Crippen molar-refractivity contribution in [3.63, 3.8) is 0 Å². The highest BCUT2D eigenvalue weighted by molar-refractivity contribution is 5.94. The summed E-state index contributed by atoms with van der Waals surface area (Å²) in [4.78, 5) is 12.3. The van der Waals surface area contributed by atoms with E-state index in [1.807, 2.05) is 42.5 Å². The van der Waals surface area contributed by atoms with Crippen LogP contribution in [0.5, 0.6) is 0 Å². The monoisotopic (exact) mass is 361 g/mol. The average Bonchev–Trinajstić information content (AvgIpc) is 2.60. The van der Waals surface area contributed by atoms with E-state index in [1.165, 1.54) is 5.56 Å². The van der Waals surface area contributed by atoms with E-state index in [9.17, 15) is 4.79 Å². The van der Waals surface area contributed by atoms with Gasteiger partial charge in [-0.05, 0) is 44.0 Å². The van der Waals surface area contributed by atoms with Gasteiger partial charge in [-0.3, -0.25) is 4.79 Å². The van der Waals surface area contributed by atoms with E-state index in [2.05, 4.69) is 43.5 Å². The molecule has 0 bridgehead atoms. The summed E-state index contributed by atoms with van der Waals surface area (Å²) in [5.41, 5.74) is 8.26. The standard InChI is InChI=1S/C20H27N3O.ClH/c1-15(17-7-5-4-6-8-17)23-20(2,3)14-22-19(24)18-11-9-16(13-21)10-12-18;/h4-12,15,23H,13-14,21H2,1-3H3,(H,22,24);1H. The van der Waals surface area contributed by atoms with E-state index in [0.29, 0.717) is 18.7 Å². The number of hydrogen-bond acceptors (Lipinski definition) is 3. The third-order valence-corrected chi connectivity index (χ3v) is 4.05. The predicted octanol–water partition coefficient (Wildman–Crippen LogP) is 3.43. The Bertz CT molecular complexity index is 656. The number of hydrogen-bond donors (Lipinski definition) is 3. The van der Waals surface area contributed by atoms with Crippen molar-refractivity contribution in [3.05, 3.63) is 71.3 Å². The molecule has 2 aromatic rings. The van der Waals surface area contributed by atoms with Gasteiger partial charge in [0.05, 0.1) is 0 Å². The molecule has 136 valence electrons. The molecule has 0 radical (unpaired) electrons. The molecule has 2 aromatic carbocycles. The molecule has 2 rings (SSSR count). The lowest BCUT2D eigenvalue weighted by atomic mass is 10.0. The maximum atomic E-state index is 12.3. The molecule has 0 aliphatic rings. The van der Waals surface area contributed by atoms with Crippen LogP contribution in [0.1, 0.15) is 48.3 Å². The molecule has 0 spiro atoms. The van der Waals surface area contributed by atoms with Gasteiger partial charge in [0.15, 0.2) is 0 Å². The summed E-state index contributed by atoms with van der Waals surface area (Å²) in [6.45, 7) is 7.33. The van der Waals surface area contributed by atoms with E-state index in [-0.39, 0.29) is 29.9 Å². The quantitative estimate of drug-likeness (QED) is 0.707. The summed E-state index contributed by atoms with van der Waals surface area (Å²) in [7, 11) is 0. The van der Waals surface area contributed by atoms with Crippen molar-refractivity contribution in [2.75, 3.05) is 6.54 Å². The van der Waals surface area contributed by atoms with Gasteiger partial charge in [-0.1, -0.05) is 42.5 Å². The summed E-state index contributed by atoms with van der Waals surface area (Å²) in [5.74, 6) is -0.0687. The number of rotatable bonds is 7. The van der Waals surface area contributed by atoms with Crippen LogP contribution >= 0.6 is 12.4 Å². The summed E-state index contributed by atoms with van der Waals surface area (Å²) < 4.78 is 0. The van der Waals surface area contributed by atoms with E-state index in [0.717, 1.165) is 5.56 Å². The third-order valence-electron chi connectivity index (χ3n) is 4.05. The fourth-order valence-corrected chi connectivity index (χ4v) is 2.66. The van der Waals surface area contributed by atoms with Crippen molar-refractivity contribution in [1.29, 1.82) is 0 Å². The Morgan fingerprint density at radius 2 is 1.68 bits per heavy atom. The van der Waals surface area contributed by atoms with Crippen molar-refractivity contribution in [2.24, 2.45) is 5.73 Å². The molecule has 1 unspecified atom stereocenters. The molecule has 5 heteroatoms. The van der Waals surface area contributed by atoms with E-state index in [1.54, 1.807) is 0 Å². The Hall–Kier alpha value is -1.88. The third kappa shape index (κ3) is 6.50. The Kier molecular flexibility index (Phi) is 8.10.